The summed E-state index contributed by atoms with van der Waals surface area (Å²) in [5.41, 5.74) is 1.40. The smallest absolute Gasteiger partial charge is 0.328 e. The molecule has 0 bridgehead atoms. The van der Waals surface area contributed by atoms with E-state index in [1.54, 1.807) is 19.1 Å². The van der Waals surface area contributed by atoms with Gasteiger partial charge in [-0.2, -0.15) is 0 Å². The molecule has 6 nitrogen and oxygen atoms in total. The first-order chi connectivity index (χ1) is 11.5. The number of carbonyl (C=O) groups is 2. The number of aryl methyl sites for hydroxylation is 1. The second kappa shape index (κ2) is 6.88. The molecular formula is C16H15ClN2O4S. The van der Waals surface area contributed by atoms with Crippen molar-refractivity contribution in [1.82, 2.24) is 9.88 Å². The summed E-state index contributed by atoms with van der Waals surface area (Å²) in [4.78, 5) is 30.4. The second-order valence-electron chi connectivity index (χ2n) is 5.37. The highest BCUT2D eigenvalue weighted by atomic mass is 35.5. The number of halogens is 1. The third-order valence-corrected chi connectivity index (χ3v) is 5.17. The summed E-state index contributed by atoms with van der Waals surface area (Å²) in [7, 11) is 0. The number of aliphatic carboxylic acids is 1. The number of carbonyl (C=O) groups excluding carboxylic acids is 1. The van der Waals surface area contributed by atoms with E-state index in [-0.39, 0.29) is 19.1 Å². The molecule has 24 heavy (non-hydrogen) atoms. The Balaban J connectivity index is 1.92. The summed E-state index contributed by atoms with van der Waals surface area (Å²) < 4.78 is 5.18. The summed E-state index contributed by atoms with van der Waals surface area (Å²) in [5, 5.41) is 10.6. The molecule has 2 heterocycles. The molecule has 0 saturated carbocycles. The Hall–Kier alpha value is -1.96. The van der Waals surface area contributed by atoms with Crippen molar-refractivity contribution in [3.05, 3.63) is 39.9 Å². The average molecular weight is 367 g/mol. The van der Waals surface area contributed by atoms with Gasteiger partial charge in [0.25, 0.3) is 5.91 Å². The van der Waals surface area contributed by atoms with Crippen LogP contribution in [0.15, 0.2) is 24.3 Å². The van der Waals surface area contributed by atoms with Crippen LogP contribution in [-0.2, 0) is 9.53 Å². The molecule has 1 aromatic heterocycles. The number of aromatic nitrogens is 1. The molecule has 126 valence electrons. The first-order valence-electron chi connectivity index (χ1n) is 7.32. The van der Waals surface area contributed by atoms with E-state index in [4.69, 9.17) is 16.3 Å². The minimum Gasteiger partial charge on any atom is -0.480 e. The monoisotopic (exact) mass is 366 g/mol. The van der Waals surface area contributed by atoms with E-state index >= 15 is 0 Å². The summed E-state index contributed by atoms with van der Waals surface area (Å²) in [6.45, 7) is 2.32. The number of amides is 1. The number of rotatable bonds is 3. The Morgan fingerprint density at radius 3 is 2.96 bits per heavy atom. The number of carboxylic acids is 1. The second-order valence-corrected chi connectivity index (χ2v) is 6.81. The number of hydrogen-bond acceptors (Lipinski definition) is 5. The number of carboxylic acid groups (broad SMARTS) is 1. The molecule has 1 amide bonds. The van der Waals surface area contributed by atoms with Crippen LogP contribution < -0.4 is 0 Å². The fourth-order valence-electron chi connectivity index (χ4n) is 2.52. The number of nitrogens with zero attached hydrogens (tertiary/aromatic N) is 2. The van der Waals surface area contributed by atoms with Gasteiger partial charge >= 0.3 is 5.97 Å². The number of thiazole rings is 1. The van der Waals surface area contributed by atoms with Crippen molar-refractivity contribution in [2.24, 2.45) is 0 Å². The SMILES string of the molecule is Cc1nc(-c2cccc(Cl)c2)sc1C(=O)N1CCOC[C@@H]1C(=O)O. The highest BCUT2D eigenvalue weighted by Crippen LogP contribution is 2.30. The van der Waals surface area contributed by atoms with Gasteiger partial charge in [-0.15, -0.1) is 11.3 Å². The molecule has 8 heteroatoms. The quantitative estimate of drug-likeness (QED) is 0.903. The standard InChI is InChI=1S/C16H15ClN2O4S/c1-9-13(15(20)19-5-6-23-8-12(19)16(21)22)24-14(18-9)10-3-2-4-11(17)7-10/h2-4,7,12H,5-6,8H2,1H3,(H,21,22)/t12-/m1/s1. The maximum absolute atomic E-state index is 12.8. The van der Waals surface area contributed by atoms with E-state index in [1.807, 2.05) is 12.1 Å². The Labute approximate surface area is 147 Å². The van der Waals surface area contributed by atoms with Crippen molar-refractivity contribution in [2.45, 2.75) is 13.0 Å². The van der Waals surface area contributed by atoms with Gasteiger partial charge in [0.2, 0.25) is 0 Å². The van der Waals surface area contributed by atoms with Crippen LogP contribution in [0.25, 0.3) is 10.6 Å². The minimum absolute atomic E-state index is 0.0000745. The van der Waals surface area contributed by atoms with Gasteiger partial charge in [-0.3, -0.25) is 4.79 Å². The molecule has 1 atom stereocenters. The number of ether oxygens (including phenoxy) is 1. The lowest BCUT2D eigenvalue weighted by molar-refractivity contribution is -0.147. The molecule has 3 rings (SSSR count). The van der Waals surface area contributed by atoms with Gasteiger partial charge in [0, 0.05) is 17.1 Å². The van der Waals surface area contributed by atoms with Crippen LogP contribution in [0.4, 0.5) is 0 Å². The average Bonchev–Trinajstić information content (AvgIpc) is 2.96. The molecule has 2 aromatic rings. The van der Waals surface area contributed by atoms with Crippen molar-refractivity contribution < 1.29 is 19.4 Å². The van der Waals surface area contributed by atoms with E-state index < -0.39 is 12.0 Å². The molecule has 0 spiro atoms. The number of hydrogen-bond donors (Lipinski definition) is 1. The number of benzene rings is 1. The molecule has 0 aliphatic carbocycles. The van der Waals surface area contributed by atoms with Gasteiger partial charge in [0.15, 0.2) is 6.04 Å². The molecule has 1 aliphatic heterocycles. The van der Waals surface area contributed by atoms with Gasteiger partial charge in [-0.1, -0.05) is 23.7 Å². The van der Waals surface area contributed by atoms with Crippen LogP contribution in [0.5, 0.6) is 0 Å². The van der Waals surface area contributed by atoms with Crippen LogP contribution in [-0.4, -0.2) is 52.7 Å². The molecule has 0 unspecified atom stereocenters. The largest absolute Gasteiger partial charge is 0.480 e. The van der Waals surface area contributed by atoms with E-state index in [0.29, 0.717) is 27.2 Å². The molecule has 1 aromatic carbocycles. The molecule has 1 fully saturated rings. The maximum atomic E-state index is 12.8. The van der Waals surface area contributed by atoms with Crippen molar-refractivity contribution in [3.8, 4) is 10.6 Å². The van der Waals surface area contributed by atoms with Gasteiger partial charge in [-0.25, -0.2) is 9.78 Å². The Morgan fingerprint density at radius 1 is 1.46 bits per heavy atom. The summed E-state index contributed by atoms with van der Waals surface area (Å²) in [6, 6.07) is 6.26. The molecular weight excluding hydrogens is 352 g/mol. The molecule has 0 radical (unpaired) electrons. The van der Waals surface area contributed by atoms with Crippen LogP contribution in [0, 0.1) is 6.92 Å². The zero-order valence-electron chi connectivity index (χ0n) is 12.9. The van der Waals surface area contributed by atoms with Crippen LogP contribution in [0.1, 0.15) is 15.4 Å². The summed E-state index contributed by atoms with van der Waals surface area (Å²) in [5.74, 6) is -1.39. The van der Waals surface area contributed by atoms with Crippen molar-refractivity contribution in [1.29, 1.82) is 0 Å². The van der Waals surface area contributed by atoms with Gasteiger partial charge in [0.05, 0.1) is 18.9 Å². The lowest BCUT2D eigenvalue weighted by Crippen LogP contribution is -2.52. The zero-order valence-corrected chi connectivity index (χ0v) is 14.4. The maximum Gasteiger partial charge on any atom is 0.328 e. The highest BCUT2D eigenvalue weighted by molar-refractivity contribution is 7.17. The van der Waals surface area contributed by atoms with Crippen molar-refractivity contribution in [3.63, 3.8) is 0 Å². The third kappa shape index (κ3) is 3.28. The van der Waals surface area contributed by atoms with E-state index in [1.165, 1.54) is 16.2 Å². The van der Waals surface area contributed by atoms with Gasteiger partial charge in [-0.05, 0) is 19.1 Å². The van der Waals surface area contributed by atoms with Crippen LogP contribution in [0.3, 0.4) is 0 Å². The first kappa shape index (κ1) is 16.9. The fourth-order valence-corrected chi connectivity index (χ4v) is 3.73. The lowest BCUT2D eigenvalue weighted by Gasteiger charge is -2.32. The lowest BCUT2D eigenvalue weighted by atomic mass is 10.2. The summed E-state index contributed by atoms with van der Waals surface area (Å²) in [6.07, 6.45) is 0. The molecule has 1 N–H and O–H groups in total. The van der Waals surface area contributed by atoms with Gasteiger partial charge < -0.3 is 14.7 Å². The minimum atomic E-state index is -1.07. The van der Waals surface area contributed by atoms with Gasteiger partial charge in [0.1, 0.15) is 9.88 Å². The van der Waals surface area contributed by atoms with E-state index in [9.17, 15) is 14.7 Å². The molecule has 1 saturated heterocycles. The van der Waals surface area contributed by atoms with E-state index in [2.05, 4.69) is 4.98 Å². The first-order valence-corrected chi connectivity index (χ1v) is 8.51. The summed E-state index contributed by atoms with van der Waals surface area (Å²) >= 11 is 7.24. The topological polar surface area (TPSA) is 79.7 Å². The van der Waals surface area contributed by atoms with E-state index in [0.717, 1.165) is 5.56 Å². The highest BCUT2D eigenvalue weighted by Gasteiger charge is 2.34. The Morgan fingerprint density at radius 2 is 2.25 bits per heavy atom. The Kier molecular flexibility index (Phi) is 4.84. The normalized spacial score (nSPS) is 17.8. The third-order valence-electron chi connectivity index (χ3n) is 3.74. The van der Waals surface area contributed by atoms with Crippen LogP contribution >= 0.6 is 22.9 Å². The van der Waals surface area contributed by atoms with Crippen LogP contribution in [0.2, 0.25) is 5.02 Å². The number of morpholine rings is 1. The van der Waals surface area contributed by atoms with Crippen molar-refractivity contribution in [2.75, 3.05) is 19.8 Å². The zero-order chi connectivity index (χ0) is 17.3. The fraction of sp³-hybridized carbons (Fsp3) is 0.312. The molecule has 1 aliphatic rings. The Bertz CT molecular complexity index is 792. The predicted octanol–water partition coefficient (Wildman–Crippen LogP) is 2.70. The van der Waals surface area contributed by atoms with Crippen molar-refractivity contribution >= 4 is 34.8 Å². The predicted molar refractivity (Wildman–Crippen MR) is 90.6 cm³/mol.